The summed E-state index contributed by atoms with van der Waals surface area (Å²) in [5, 5.41) is 17.2. The molecule has 44 heavy (non-hydrogen) atoms. The average molecular weight is 593 g/mol. The molecule has 0 amide bonds. The van der Waals surface area contributed by atoms with Crippen LogP contribution in [0.2, 0.25) is 0 Å². The van der Waals surface area contributed by atoms with E-state index in [4.69, 9.17) is 5.73 Å². The van der Waals surface area contributed by atoms with Gasteiger partial charge in [0.25, 0.3) is 0 Å². The number of aromatic hydroxyl groups is 1. The van der Waals surface area contributed by atoms with Crippen molar-refractivity contribution < 1.29 is 14.2 Å². The minimum Gasteiger partial charge on any atom is -0.504 e. The highest BCUT2D eigenvalue weighted by Crippen LogP contribution is 2.35. The Bertz CT molecular complexity index is 1610. The summed E-state index contributed by atoms with van der Waals surface area (Å²) in [5.41, 5.74) is 10.8. The molecule has 2 aromatic carbocycles. The van der Waals surface area contributed by atoms with Gasteiger partial charge >= 0.3 is 0 Å². The Balaban J connectivity index is 1.01. The first-order chi connectivity index (χ1) is 21.4. The van der Waals surface area contributed by atoms with Crippen molar-refractivity contribution in [2.75, 3.05) is 52.3 Å². The molecule has 0 spiro atoms. The molecule has 2 aliphatic rings. The number of aromatic nitrogens is 5. The molecule has 7 rings (SSSR count). The standard InChI is InChI=1S/C33H39N10O/c1-38-15-17-42(22-38)28-11-13-40(20-28)26-7-3-24(4-8-26)35-30-19-31(44)32(34)37-33(30)36-25-5-9-27(10-6-25)41-14-12-29(21-41)43-18-16-39(2)23-43/h3-10,15-19,22-23,28-29,35H,11-14,20-21H2,1-2H3,(H3-,34,36,37,44)/q+1/p+1. The second-order valence-electron chi connectivity index (χ2n) is 12.0. The van der Waals surface area contributed by atoms with Crippen LogP contribution in [0.3, 0.4) is 0 Å². The molecule has 5 N–H and O–H groups in total. The van der Waals surface area contributed by atoms with Gasteiger partial charge in [-0.2, -0.15) is 0 Å². The van der Waals surface area contributed by atoms with E-state index >= 15 is 0 Å². The van der Waals surface area contributed by atoms with Crippen LogP contribution in [0.5, 0.6) is 5.75 Å². The molecule has 2 fully saturated rings. The summed E-state index contributed by atoms with van der Waals surface area (Å²) in [6.07, 6.45) is 15.0. The second-order valence-corrected chi connectivity index (χ2v) is 12.0. The SMILES string of the molecule is C[n+]1ccn(C2CCN(c3ccc(Nc4cc(O)c(N)nc4Nc4ccc(N5CCC(n6cc[n+](C)c6)C5)cc4)cc3)C2)c1. The summed E-state index contributed by atoms with van der Waals surface area (Å²) in [4.78, 5) is 9.30. The van der Waals surface area contributed by atoms with Crippen LogP contribution in [0.4, 0.5) is 40.1 Å². The van der Waals surface area contributed by atoms with Crippen LogP contribution >= 0.6 is 0 Å². The van der Waals surface area contributed by atoms with Gasteiger partial charge in [-0.3, -0.25) is 0 Å². The van der Waals surface area contributed by atoms with E-state index in [-0.39, 0.29) is 11.6 Å². The zero-order chi connectivity index (χ0) is 30.2. The Kier molecular flexibility index (Phi) is 7.21. The first-order valence-corrected chi connectivity index (χ1v) is 15.2. The number of nitrogens with one attached hydrogen (secondary N) is 2. The third-order valence-electron chi connectivity index (χ3n) is 8.79. The van der Waals surface area contributed by atoms with Crippen LogP contribution in [0.25, 0.3) is 0 Å². The lowest BCUT2D eigenvalue weighted by molar-refractivity contribution is -0.671. The van der Waals surface area contributed by atoms with E-state index in [2.05, 4.69) is 144 Å². The molecule has 2 atom stereocenters. The average Bonchev–Trinajstić information content (AvgIpc) is 3.84. The molecule has 226 valence electrons. The van der Waals surface area contributed by atoms with E-state index in [1.807, 2.05) is 0 Å². The highest BCUT2D eigenvalue weighted by Gasteiger charge is 2.28. The van der Waals surface area contributed by atoms with E-state index in [0.717, 1.165) is 50.4 Å². The maximum absolute atomic E-state index is 10.4. The topological polar surface area (TPSA) is 107 Å². The van der Waals surface area contributed by atoms with Crippen molar-refractivity contribution in [2.45, 2.75) is 24.9 Å². The number of imidazole rings is 2. The van der Waals surface area contributed by atoms with Crippen LogP contribution in [0, 0.1) is 0 Å². The monoisotopic (exact) mass is 592 g/mol. The molecule has 0 radical (unpaired) electrons. The molecular weight excluding hydrogens is 552 g/mol. The molecule has 0 saturated carbocycles. The number of rotatable bonds is 8. The zero-order valence-corrected chi connectivity index (χ0v) is 25.2. The summed E-state index contributed by atoms with van der Waals surface area (Å²) in [6, 6.07) is 19.3. The molecule has 5 heterocycles. The van der Waals surface area contributed by atoms with Crippen molar-refractivity contribution in [1.29, 1.82) is 0 Å². The van der Waals surface area contributed by atoms with Gasteiger partial charge in [0.15, 0.2) is 17.4 Å². The quantitative estimate of drug-likeness (QED) is 0.202. The van der Waals surface area contributed by atoms with Gasteiger partial charge in [-0.1, -0.05) is 0 Å². The number of anilines is 7. The summed E-state index contributed by atoms with van der Waals surface area (Å²) in [5.74, 6) is 0.555. The number of aryl methyl sites for hydroxylation is 2. The summed E-state index contributed by atoms with van der Waals surface area (Å²) >= 11 is 0. The van der Waals surface area contributed by atoms with Gasteiger partial charge in [0.05, 0.1) is 32.9 Å². The number of pyridine rings is 1. The van der Waals surface area contributed by atoms with Crippen molar-refractivity contribution in [2.24, 2.45) is 14.1 Å². The van der Waals surface area contributed by atoms with Gasteiger partial charge in [-0.05, 0) is 48.5 Å². The first kappa shape index (κ1) is 27.6. The Morgan fingerprint density at radius 2 is 1.27 bits per heavy atom. The predicted molar refractivity (Wildman–Crippen MR) is 173 cm³/mol. The van der Waals surface area contributed by atoms with Crippen molar-refractivity contribution in [3.8, 4) is 5.75 Å². The molecular formula is C33H40N10O+2. The molecule has 2 unspecified atom stereocenters. The van der Waals surface area contributed by atoms with Gasteiger partial charge in [-0.25, -0.2) is 23.3 Å². The molecule has 11 nitrogen and oxygen atoms in total. The van der Waals surface area contributed by atoms with E-state index < -0.39 is 0 Å². The lowest BCUT2D eigenvalue weighted by atomic mass is 10.2. The maximum atomic E-state index is 10.4. The normalized spacial score (nSPS) is 18.2. The summed E-state index contributed by atoms with van der Waals surface area (Å²) in [6.45, 7) is 4.00. The fourth-order valence-corrected chi connectivity index (χ4v) is 6.32. The van der Waals surface area contributed by atoms with Gasteiger partial charge in [-0.15, -0.1) is 0 Å². The molecule has 0 bridgehead atoms. The minimum atomic E-state index is -0.0635. The number of benzene rings is 2. The van der Waals surface area contributed by atoms with Gasteiger partial charge in [0.2, 0.25) is 12.7 Å². The molecule has 0 aliphatic carbocycles. The Morgan fingerprint density at radius 3 is 1.75 bits per heavy atom. The summed E-state index contributed by atoms with van der Waals surface area (Å²) in [7, 11) is 4.11. The van der Waals surface area contributed by atoms with Crippen LogP contribution in [0.1, 0.15) is 24.9 Å². The van der Waals surface area contributed by atoms with Gasteiger partial charge in [0, 0.05) is 54.7 Å². The maximum Gasteiger partial charge on any atom is 0.243 e. The zero-order valence-electron chi connectivity index (χ0n) is 25.2. The van der Waals surface area contributed by atoms with Crippen molar-refractivity contribution >= 4 is 40.1 Å². The number of nitrogen functional groups attached to an aromatic ring is 1. The first-order valence-electron chi connectivity index (χ1n) is 15.2. The highest BCUT2D eigenvalue weighted by molar-refractivity contribution is 5.79. The Hall–Kier alpha value is -5.19. The Labute approximate surface area is 257 Å². The van der Waals surface area contributed by atoms with E-state index in [9.17, 15) is 5.11 Å². The highest BCUT2D eigenvalue weighted by atomic mass is 16.3. The molecule has 2 aliphatic heterocycles. The Morgan fingerprint density at radius 1 is 0.773 bits per heavy atom. The van der Waals surface area contributed by atoms with E-state index in [0.29, 0.717) is 23.6 Å². The van der Waals surface area contributed by atoms with Crippen molar-refractivity contribution in [3.63, 3.8) is 0 Å². The van der Waals surface area contributed by atoms with Crippen LogP contribution in [-0.2, 0) is 14.1 Å². The number of hydrogen-bond donors (Lipinski definition) is 4. The largest absolute Gasteiger partial charge is 0.504 e. The predicted octanol–water partition coefficient (Wildman–Crippen LogP) is 4.01. The van der Waals surface area contributed by atoms with Crippen molar-refractivity contribution in [3.05, 3.63) is 92.0 Å². The smallest absolute Gasteiger partial charge is 0.243 e. The lowest BCUT2D eigenvalue weighted by Gasteiger charge is -2.20. The number of nitrogens with two attached hydrogens (primary N) is 1. The van der Waals surface area contributed by atoms with Crippen LogP contribution in [0.15, 0.2) is 92.0 Å². The molecule has 5 aromatic rings. The second kappa shape index (κ2) is 11.5. The van der Waals surface area contributed by atoms with E-state index in [1.165, 1.54) is 11.4 Å². The number of hydrogen-bond acceptors (Lipinski definition) is 7. The number of nitrogens with zero attached hydrogens (tertiary/aromatic N) is 7. The fraction of sp³-hybridized carbons (Fsp3) is 0.303. The van der Waals surface area contributed by atoms with Gasteiger partial charge in [0.1, 0.15) is 36.9 Å². The van der Waals surface area contributed by atoms with Crippen LogP contribution in [-0.4, -0.2) is 45.4 Å². The third kappa shape index (κ3) is 5.72. The molecule has 3 aromatic heterocycles. The lowest BCUT2D eigenvalue weighted by Crippen LogP contribution is -2.25. The fourth-order valence-electron chi connectivity index (χ4n) is 6.32. The summed E-state index contributed by atoms with van der Waals surface area (Å²) < 4.78 is 8.76. The van der Waals surface area contributed by atoms with Gasteiger partial charge < -0.3 is 31.3 Å². The third-order valence-corrected chi connectivity index (χ3v) is 8.79. The van der Waals surface area contributed by atoms with Crippen LogP contribution < -0.4 is 35.3 Å². The van der Waals surface area contributed by atoms with Crippen molar-refractivity contribution in [1.82, 2.24) is 14.1 Å². The molecule has 11 heteroatoms. The minimum absolute atomic E-state index is 0.0635. The molecule has 2 saturated heterocycles. The van der Waals surface area contributed by atoms with E-state index in [1.54, 1.807) is 6.07 Å².